The van der Waals surface area contributed by atoms with Gasteiger partial charge in [-0.15, -0.1) is 0 Å². The van der Waals surface area contributed by atoms with Gasteiger partial charge in [0.15, 0.2) is 0 Å². The number of benzene rings is 1. The third-order valence-electron chi connectivity index (χ3n) is 4.60. The molecule has 146 valence electrons. The van der Waals surface area contributed by atoms with Crippen LogP contribution in [0.15, 0.2) is 34.9 Å². The molecule has 0 bridgehead atoms. The van der Waals surface area contributed by atoms with Gasteiger partial charge in [-0.1, -0.05) is 12.1 Å². The Kier molecular flexibility index (Phi) is 6.95. The van der Waals surface area contributed by atoms with Crippen LogP contribution in [0.25, 0.3) is 0 Å². The van der Waals surface area contributed by atoms with Gasteiger partial charge in [-0.3, -0.25) is 4.79 Å². The number of hydrogen-bond acceptors (Lipinski definition) is 5. The number of methoxy groups -OCH3 is 1. The number of carbonyl (C=O) groups excluding carboxylic acids is 1. The molecule has 1 atom stereocenters. The first-order valence-corrected chi connectivity index (χ1v) is 9.22. The summed E-state index contributed by atoms with van der Waals surface area (Å²) in [5.74, 6) is 0.849. The molecule has 0 saturated carbocycles. The summed E-state index contributed by atoms with van der Waals surface area (Å²) in [4.78, 5) is 18.7. The summed E-state index contributed by atoms with van der Waals surface area (Å²) in [6.45, 7) is 1.53. The van der Waals surface area contributed by atoms with Gasteiger partial charge in [0.25, 0.3) is 0 Å². The number of piperidine rings is 1. The summed E-state index contributed by atoms with van der Waals surface area (Å²) < 4.78 is 29.5. The third-order valence-corrected chi connectivity index (χ3v) is 4.60. The molecule has 1 aromatic heterocycles. The van der Waals surface area contributed by atoms with E-state index in [9.17, 15) is 9.18 Å². The second-order valence-electron chi connectivity index (χ2n) is 6.62. The zero-order valence-corrected chi connectivity index (χ0v) is 15.5. The highest BCUT2D eigenvalue weighted by molar-refractivity contribution is 5.78. The molecular formula is C20H25FN2O4. The van der Waals surface area contributed by atoms with Crippen molar-refractivity contribution in [2.24, 2.45) is 0 Å². The van der Waals surface area contributed by atoms with Crippen LogP contribution in [-0.4, -0.2) is 49.3 Å². The van der Waals surface area contributed by atoms with Crippen LogP contribution in [0.3, 0.4) is 0 Å². The molecule has 2 heterocycles. The fourth-order valence-electron chi connectivity index (χ4n) is 3.28. The molecule has 1 aromatic carbocycles. The van der Waals surface area contributed by atoms with Crippen molar-refractivity contribution in [3.8, 4) is 0 Å². The van der Waals surface area contributed by atoms with Gasteiger partial charge in [0, 0.05) is 20.1 Å². The minimum Gasteiger partial charge on any atom is -0.443 e. The topological polar surface area (TPSA) is 64.8 Å². The van der Waals surface area contributed by atoms with Gasteiger partial charge in [-0.25, -0.2) is 9.37 Å². The number of amides is 1. The van der Waals surface area contributed by atoms with Gasteiger partial charge in [0.05, 0.1) is 19.4 Å². The smallest absolute Gasteiger partial charge is 0.249 e. The van der Waals surface area contributed by atoms with Gasteiger partial charge in [0.2, 0.25) is 11.8 Å². The Morgan fingerprint density at radius 3 is 3.07 bits per heavy atom. The lowest BCUT2D eigenvalue weighted by Crippen LogP contribution is -2.40. The highest BCUT2D eigenvalue weighted by Crippen LogP contribution is 2.31. The zero-order chi connectivity index (χ0) is 19.1. The molecule has 0 aliphatic carbocycles. The van der Waals surface area contributed by atoms with E-state index in [0.717, 1.165) is 24.8 Å². The summed E-state index contributed by atoms with van der Waals surface area (Å²) in [5.41, 5.74) is 0.820. The van der Waals surface area contributed by atoms with E-state index in [1.807, 2.05) is 6.07 Å². The first-order valence-electron chi connectivity index (χ1n) is 9.22. The van der Waals surface area contributed by atoms with Crippen molar-refractivity contribution in [1.82, 2.24) is 9.88 Å². The lowest BCUT2D eigenvalue weighted by Gasteiger charge is -2.33. The van der Waals surface area contributed by atoms with E-state index < -0.39 is 0 Å². The van der Waals surface area contributed by atoms with E-state index in [1.165, 1.54) is 12.1 Å². The quantitative estimate of drug-likeness (QED) is 0.663. The standard InChI is InChI=1S/C20H25FN2O4/c1-25-9-10-26-14-19(24)23-8-3-2-7-18(23)20-22-13-17(27-20)12-15-5-4-6-16(21)11-15/h4-6,11,13,18H,2-3,7-10,12,14H2,1H3. The van der Waals surface area contributed by atoms with Crippen LogP contribution in [0.4, 0.5) is 4.39 Å². The number of hydrogen-bond donors (Lipinski definition) is 0. The number of likely N-dealkylation sites (tertiary alicyclic amines) is 1. The van der Waals surface area contributed by atoms with Crippen molar-refractivity contribution in [2.45, 2.75) is 31.7 Å². The maximum Gasteiger partial charge on any atom is 0.249 e. The summed E-state index contributed by atoms with van der Waals surface area (Å²) in [7, 11) is 1.59. The number of aromatic nitrogens is 1. The Hall–Kier alpha value is -2.25. The summed E-state index contributed by atoms with van der Waals surface area (Å²) in [5, 5.41) is 0. The fourth-order valence-corrected chi connectivity index (χ4v) is 3.28. The molecule has 1 aliphatic rings. The van der Waals surface area contributed by atoms with Gasteiger partial charge < -0.3 is 18.8 Å². The lowest BCUT2D eigenvalue weighted by molar-refractivity contribution is -0.141. The third kappa shape index (κ3) is 5.37. The van der Waals surface area contributed by atoms with Gasteiger partial charge in [-0.2, -0.15) is 0 Å². The van der Waals surface area contributed by atoms with E-state index in [2.05, 4.69) is 4.98 Å². The molecule has 1 saturated heterocycles. The molecule has 1 unspecified atom stereocenters. The molecule has 2 aromatic rings. The maximum atomic E-state index is 13.3. The molecule has 1 fully saturated rings. The highest BCUT2D eigenvalue weighted by Gasteiger charge is 2.31. The Morgan fingerprint density at radius 1 is 1.37 bits per heavy atom. The molecule has 6 nitrogen and oxygen atoms in total. The van der Waals surface area contributed by atoms with Crippen LogP contribution in [-0.2, 0) is 20.7 Å². The molecule has 3 rings (SSSR count). The van der Waals surface area contributed by atoms with E-state index in [4.69, 9.17) is 13.9 Å². The van der Waals surface area contributed by atoms with Gasteiger partial charge in [0.1, 0.15) is 24.2 Å². The largest absolute Gasteiger partial charge is 0.443 e. The average molecular weight is 376 g/mol. The molecular weight excluding hydrogens is 351 g/mol. The first-order chi connectivity index (χ1) is 13.2. The number of halogens is 1. The molecule has 7 heteroatoms. The summed E-state index contributed by atoms with van der Waals surface area (Å²) >= 11 is 0. The molecule has 1 amide bonds. The van der Waals surface area contributed by atoms with Gasteiger partial charge >= 0.3 is 0 Å². The Balaban J connectivity index is 1.64. The number of carbonyl (C=O) groups is 1. The Morgan fingerprint density at radius 2 is 2.26 bits per heavy atom. The van der Waals surface area contributed by atoms with Gasteiger partial charge in [-0.05, 0) is 37.0 Å². The SMILES string of the molecule is COCCOCC(=O)N1CCCCC1c1ncc(Cc2cccc(F)c2)o1. The second-order valence-corrected chi connectivity index (χ2v) is 6.62. The normalized spacial score (nSPS) is 17.3. The van der Waals surface area contributed by atoms with Crippen LogP contribution < -0.4 is 0 Å². The second kappa shape index (κ2) is 9.62. The Labute approximate surface area is 158 Å². The zero-order valence-electron chi connectivity index (χ0n) is 15.5. The van der Waals surface area contributed by atoms with Crippen molar-refractivity contribution in [3.63, 3.8) is 0 Å². The number of rotatable bonds is 8. The van der Waals surface area contributed by atoms with Crippen LogP contribution >= 0.6 is 0 Å². The maximum absolute atomic E-state index is 13.3. The average Bonchev–Trinajstić information content (AvgIpc) is 3.13. The van der Waals surface area contributed by atoms with Crippen molar-refractivity contribution in [1.29, 1.82) is 0 Å². The van der Waals surface area contributed by atoms with E-state index >= 15 is 0 Å². The number of nitrogens with zero attached hydrogens (tertiary/aromatic N) is 2. The molecule has 0 spiro atoms. The molecule has 0 N–H and O–H groups in total. The van der Waals surface area contributed by atoms with Crippen molar-refractivity contribution in [2.75, 3.05) is 33.5 Å². The van der Waals surface area contributed by atoms with Crippen molar-refractivity contribution in [3.05, 3.63) is 53.5 Å². The van der Waals surface area contributed by atoms with Crippen molar-refractivity contribution >= 4 is 5.91 Å². The van der Waals surface area contributed by atoms with Crippen molar-refractivity contribution < 1.29 is 23.1 Å². The highest BCUT2D eigenvalue weighted by atomic mass is 19.1. The molecule has 1 aliphatic heterocycles. The lowest BCUT2D eigenvalue weighted by atomic mass is 10.0. The minimum atomic E-state index is -0.273. The fraction of sp³-hybridized carbons (Fsp3) is 0.500. The number of oxazole rings is 1. The van der Waals surface area contributed by atoms with E-state index in [0.29, 0.717) is 37.8 Å². The number of ether oxygens (including phenoxy) is 2. The van der Waals surface area contributed by atoms with Crippen LogP contribution in [0.2, 0.25) is 0 Å². The predicted octanol–water partition coefficient (Wildman–Crippen LogP) is 3.12. The van der Waals surface area contributed by atoms with Crippen LogP contribution in [0.5, 0.6) is 0 Å². The predicted molar refractivity (Wildman–Crippen MR) is 96.7 cm³/mol. The van der Waals surface area contributed by atoms with Crippen LogP contribution in [0.1, 0.15) is 42.5 Å². The van der Waals surface area contributed by atoms with E-state index in [1.54, 1.807) is 24.3 Å². The minimum absolute atomic E-state index is 0.0245. The first kappa shape index (κ1) is 19.5. The summed E-state index contributed by atoms with van der Waals surface area (Å²) in [6, 6.07) is 6.23. The monoisotopic (exact) mass is 376 g/mol. The van der Waals surface area contributed by atoms with Crippen LogP contribution in [0, 0.1) is 5.82 Å². The molecule has 27 heavy (non-hydrogen) atoms. The summed E-state index contributed by atoms with van der Waals surface area (Å²) in [6.07, 6.45) is 4.90. The van der Waals surface area contributed by atoms with E-state index in [-0.39, 0.29) is 24.4 Å². The Bertz CT molecular complexity index is 749. The molecule has 0 radical (unpaired) electrons.